The first-order valence-electron chi connectivity index (χ1n) is 7.87. The molecule has 1 aliphatic carbocycles. The van der Waals surface area contributed by atoms with E-state index in [1.54, 1.807) is 26.3 Å². The number of methoxy groups -OCH3 is 1. The van der Waals surface area contributed by atoms with Crippen LogP contribution in [0.2, 0.25) is 0 Å². The second-order valence-electron chi connectivity index (χ2n) is 5.94. The first-order chi connectivity index (χ1) is 11.1. The fraction of sp³-hybridized carbons (Fsp3) is 0.389. The van der Waals surface area contributed by atoms with Gasteiger partial charge in [0, 0.05) is 17.9 Å². The van der Waals surface area contributed by atoms with Gasteiger partial charge in [-0.2, -0.15) is 0 Å². The lowest BCUT2D eigenvalue weighted by atomic mass is 10.1. The number of aromatic nitrogens is 2. The van der Waals surface area contributed by atoms with Crippen LogP contribution in [0.15, 0.2) is 36.5 Å². The average Bonchev–Trinajstić information content (AvgIpc) is 3.40. The molecule has 1 atom stereocenters. The highest BCUT2D eigenvalue weighted by molar-refractivity contribution is 6.05. The third kappa shape index (κ3) is 3.33. The van der Waals surface area contributed by atoms with Crippen molar-refractivity contribution >= 4 is 11.6 Å². The van der Waals surface area contributed by atoms with Gasteiger partial charge in [-0.3, -0.25) is 4.79 Å². The van der Waals surface area contributed by atoms with Gasteiger partial charge in [0.1, 0.15) is 17.3 Å². The smallest absolute Gasteiger partial charge is 0.277 e. The van der Waals surface area contributed by atoms with E-state index in [-0.39, 0.29) is 11.9 Å². The van der Waals surface area contributed by atoms with Crippen LogP contribution in [-0.4, -0.2) is 29.0 Å². The molecule has 0 aliphatic heterocycles. The standard InChI is InChI=1S/C18H21N3O2/c1-12(14-4-5-14)21(15-6-8-16(23-3)9-7-15)18(22)17-10-11-19-13(2)20-17/h6-12,14H,4-5H2,1-3H3. The van der Waals surface area contributed by atoms with Crippen LogP contribution >= 0.6 is 0 Å². The molecule has 5 heteroatoms. The molecule has 3 rings (SSSR count). The number of carbonyl (C=O) groups is 1. The van der Waals surface area contributed by atoms with Crippen molar-refractivity contribution in [1.29, 1.82) is 0 Å². The Morgan fingerprint density at radius 1 is 1.26 bits per heavy atom. The predicted octanol–water partition coefficient (Wildman–Crippen LogP) is 3.24. The van der Waals surface area contributed by atoms with Gasteiger partial charge in [-0.05, 0) is 62.9 Å². The number of hydrogen-bond acceptors (Lipinski definition) is 4. The zero-order valence-corrected chi connectivity index (χ0v) is 13.7. The van der Waals surface area contributed by atoms with E-state index < -0.39 is 0 Å². The fourth-order valence-corrected chi connectivity index (χ4v) is 2.77. The van der Waals surface area contributed by atoms with Gasteiger partial charge in [-0.25, -0.2) is 9.97 Å². The summed E-state index contributed by atoms with van der Waals surface area (Å²) in [5.41, 5.74) is 1.30. The van der Waals surface area contributed by atoms with E-state index in [4.69, 9.17) is 4.74 Å². The maximum Gasteiger partial charge on any atom is 0.277 e. The Morgan fingerprint density at radius 3 is 2.52 bits per heavy atom. The highest BCUT2D eigenvalue weighted by Crippen LogP contribution is 2.37. The molecule has 1 unspecified atom stereocenters. The van der Waals surface area contributed by atoms with Gasteiger partial charge in [0.2, 0.25) is 0 Å². The molecule has 1 aromatic carbocycles. The van der Waals surface area contributed by atoms with Crippen LogP contribution in [0.5, 0.6) is 5.75 Å². The average molecular weight is 311 g/mol. The summed E-state index contributed by atoms with van der Waals surface area (Å²) < 4.78 is 5.21. The Balaban J connectivity index is 1.95. The van der Waals surface area contributed by atoms with E-state index in [0.29, 0.717) is 17.4 Å². The van der Waals surface area contributed by atoms with Crippen molar-refractivity contribution in [3.8, 4) is 5.75 Å². The van der Waals surface area contributed by atoms with Crippen molar-refractivity contribution < 1.29 is 9.53 Å². The van der Waals surface area contributed by atoms with E-state index >= 15 is 0 Å². The summed E-state index contributed by atoms with van der Waals surface area (Å²) in [7, 11) is 1.63. The topological polar surface area (TPSA) is 55.3 Å². The number of rotatable bonds is 5. The first-order valence-corrected chi connectivity index (χ1v) is 7.87. The maximum atomic E-state index is 13.0. The Hall–Kier alpha value is -2.43. The summed E-state index contributed by atoms with van der Waals surface area (Å²) in [5.74, 6) is 1.85. The van der Waals surface area contributed by atoms with E-state index in [1.165, 1.54) is 12.8 Å². The Morgan fingerprint density at radius 2 is 1.96 bits per heavy atom. The summed E-state index contributed by atoms with van der Waals surface area (Å²) in [6.07, 6.45) is 3.97. The van der Waals surface area contributed by atoms with Crippen molar-refractivity contribution in [2.24, 2.45) is 5.92 Å². The highest BCUT2D eigenvalue weighted by Gasteiger charge is 2.35. The molecular weight excluding hydrogens is 290 g/mol. The van der Waals surface area contributed by atoms with Crippen molar-refractivity contribution in [3.63, 3.8) is 0 Å². The van der Waals surface area contributed by atoms with Crippen molar-refractivity contribution in [2.75, 3.05) is 12.0 Å². The van der Waals surface area contributed by atoms with Gasteiger partial charge in [-0.15, -0.1) is 0 Å². The van der Waals surface area contributed by atoms with Gasteiger partial charge < -0.3 is 9.64 Å². The zero-order chi connectivity index (χ0) is 16.4. The molecular formula is C18H21N3O2. The summed E-state index contributed by atoms with van der Waals surface area (Å²) in [5, 5.41) is 0. The molecule has 120 valence electrons. The molecule has 0 radical (unpaired) electrons. The van der Waals surface area contributed by atoms with Gasteiger partial charge in [-0.1, -0.05) is 0 Å². The molecule has 0 saturated heterocycles. The third-order valence-corrected chi connectivity index (χ3v) is 4.28. The zero-order valence-electron chi connectivity index (χ0n) is 13.7. The van der Waals surface area contributed by atoms with Gasteiger partial charge in [0.15, 0.2) is 0 Å². The Kier molecular flexibility index (Phi) is 4.28. The molecule has 1 aliphatic rings. The minimum atomic E-state index is -0.0833. The highest BCUT2D eigenvalue weighted by atomic mass is 16.5. The summed E-state index contributed by atoms with van der Waals surface area (Å²) in [6.45, 7) is 3.90. The molecule has 0 spiro atoms. The molecule has 2 aromatic rings. The number of hydrogen-bond donors (Lipinski definition) is 0. The second kappa shape index (κ2) is 6.36. The minimum Gasteiger partial charge on any atom is -0.497 e. The number of benzene rings is 1. The molecule has 5 nitrogen and oxygen atoms in total. The number of carbonyl (C=O) groups excluding carboxylic acids is 1. The number of anilines is 1. The lowest BCUT2D eigenvalue weighted by Gasteiger charge is -2.29. The van der Waals surface area contributed by atoms with E-state index in [9.17, 15) is 4.79 Å². The van der Waals surface area contributed by atoms with E-state index in [1.807, 2.05) is 29.2 Å². The van der Waals surface area contributed by atoms with Crippen LogP contribution in [-0.2, 0) is 0 Å². The monoisotopic (exact) mass is 311 g/mol. The maximum absolute atomic E-state index is 13.0. The number of aryl methyl sites for hydroxylation is 1. The van der Waals surface area contributed by atoms with Crippen LogP contribution in [0.1, 0.15) is 36.1 Å². The molecule has 0 bridgehead atoms. The van der Waals surface area contributed by atoms with Crippen LogP contribution in [0.25, 0.3) is 0 Å². The molecule has 1 aromatic heterocycles. The summed E-state index contributed by atoms with van der Waals surface area (Å²) >= 11 is 0. The lowest BCUT2D eigenvalue weighted by Crippen LogP contribution is -2.40. The van der Waals surface area contributed by atoms with Crippen molar-refractivity contribution in [1.82, 2.24) is 9.97 Å². The number of amides is 1. The minimum absolute atomic E-state index is 0.0833. The predicted molar refractivity (Wildman–Crippen MR) is 88.8 cm³/mol. The Labute approximate surface area is 136 Å². The van der Waals surface area contributed by atoms with Crippen LogP contribution in [0.3, 0.4) is 0 Å². The fourth-order valence-electron chi connectivity index (χ4n) is 2.77. The first kappa shape index (κ1) is 15.5. The summed E-state index contributed by atoms with van der Waals surface area (Å²) in [4.78, 5) is 23.2. The van der Waals surface area contributed by atoms with E-state index in [2.05, 4.69) is 16.9 Å². The summed E-state index contributed by atoms with van der Waals surface area (Å²) in [6, 6.07) is 9.41. The van der Waals surface area contributed by atoms with Gasteiger partial charge in [0.05, 0.1) is 7.11 Å². The SMILES string of the molecule is COc1ccc(N(C(=O)c2ccnc(C)n2)C(C)C2CC2)cc1. The van der Waals surface area contributed by atoms with Gasteiger partial charge >= 0.3 is 0 Å². The third-order valence-electron chi connectivity index (χ3n) is 4.28. The quantitative estimate of drug-likeness (QED) is 0.850. The normalized spacial score (nSPS) is 15.1. The largest absolute Gasteiger partial charge is 0.497 e. The lowest BCUT2D eigenvalue weighted by molar-refractivity contribution is 0.0970. The van der Waals surface area contributed by atoms with E-state index in [0.717, 1.165) is 11.4 Å². The molecule has 1 amide bonds. The second-order valence-corrected chi connectivity index (χ2v) is 5.94. The molecule has 23 heavy (non-hydrogen) atoms. The Bertz CT molecular complexity index is 696. The van der Waals surface area contributed by atoms with Crippen molar-refractivity contribution in [2.45, 2.75) is 32.7 Å². The number of ether oxygens (including phenoxy) is 1. The van der Waals surface area contributed by atoms with Gasteiger partial charge in [0.25, 0.3) is 5.91 Å². The number of nitrogens with zero attached hydrogens (tertiary/aromatic N) is 3. The van der Waals surface area contributed by atoms with Crippen LogP contribution in [0, 0.1) is 12.8 Å². The molecule has 1 saturated carbocycles. The van der Waals surface area contributed by atoms with Crippen LogP contribution < -0.4 is 9.64 Å². The molecule has 0 N–H and O–H groups in total. The molecule has 1 fully saturated rings. The van der Waals surface area contributed by atoms with Crippen LogP contribution in [0.4, 0.5) is 5.69 Å². The van der Waals surface area contributed by atoms with Crippen molar-refractivity contribution in [3.05, 3.63) is 48.0 Å². The molecule has 1 heterocycles.